The van der Waals surface area contributed by atoms with E-state index in [2.05, 4.69) is 6.07 Å². The first-order valence-electron chi connectivity index (χ1n) is 27.8. The summed E-state index contributed by atoms with van der Waals surface area (Å²) >= 11 is 0. The van der Waals surface area contributed by atoms with Crippen molar-refractivity contribution < 1.29 is 85.7 Å². The fourth-order valence-corrected chi connectivity index (χ4v) is 9.62. The van der Waals surface area contributed by atoms with Crippen molar-refractivity contribution in [3.63, 3.8) is 0 Å². The molecule has 88 heavy (non-hydrogen) atoms. The quantitative estimate of drug-likeness (QED) is 0.0479. The zero-order valence-electron chi connectivity index (χ0n) is 46.7. The van der Waals surface area contributed by atoms with Crippen LogP contribution in [0.25, 0.3) is 0 Å². The number of carbonyl (C=O) groups excluding carboxylic acids is 7. The Morgan fingerprint density at radius 3 is 0.920 bits per heavy atom. The van der Waals surface area contributed by atoms with E-state index in [1.807, 2.05) is 0 Å². The smallest absolute Gasteiger partial charge is 0.338 e. The molecule has 2 aliphatic heterocycles. The molecule has 0 aliphatic carbocycles. The molecule has 0 radical (unpaired) electrons. The summed E-state index contributed by atoms with van der Waals surface area (Å²) in [4.78, 5) is 100. The second-order valence-corrected chi connectivity index (χ2v) is 19.9. The van der Waals surface area contributed by atoms with Crippen LogP contribution in [0.1, 0.15) is 84.2 Å². The lowest BCUT2D eigenvalue weighted by Gasteiger charge is -2.46. The molecule has 2 heterocycles. The van der Waals surface area contributed by atoms with Crippen LogP contribution in [0.2, 0.25) is 0 Å². The number of ether oxygens (including phenoxy) is 11. The standard InChI is InChI=1S/C69H55NO18/c70-41-52(44-25-9-1-10-26-44)80-69-60(88-67(77)51-39-23-8-24-40-51)58(86-65(75)49-35-19-6-20-36-49)56(84-63(73)47-31-15-4-16-32-47)54(82-69)43-79-68-59(87-66(76)50-37-21-7-22-38-50)57(85-64(74)48-33-17-5-18-34-48)55(83-62(72)46-29-13-3-14-30-46)53(81-68)42-78-61(71)45-27-11-2-12-28-45/h1-40,52-60,68-69H,42-43H2/t52?,53-,54-,55-,56-,57+,58+,59-,60-,68+,69-/m1/s1. The molecule has 19 heteroatoms. The van der Waals surface area contributed by atoms with Gasteiger partial charge in [-0.05, 0) is 90.5 Å². The van der Waals surface area contributed by atoms with Gasteiger partial charge >= 0.3 is 41.8 Å². The van der Waals surface area contributed by atoms with Gasteiger partial charge in [0.15, 0.2) is 49.0 Å². The molecule has 11 atom stereocenters. The fourth-order valence-electron chi connectivity index (χ4n) is 9.62. The number of hydrogen-bond donors (Lipinski definition) is 0. The second-order valence-electron chi connectivity index (χ2n) is 19.9. The highest BCUT2D eigenvalue weighted by Crippen LogP contribution is 2.37. The third kappa shape index (κ3) is 15.2. The summed E-state index contributed by atoms with van der Waals surface area (Å²) in [5.74, 6) is -6.69. The monoisotopic (exact) mass is 1190 g/mol. The van der Waals surface area contributed by atoms with Crippen molar-refractivity contribution in [3.8, 4) is 6.07 Å². The van der Waals surface area contributed by atoms with Crippen molar-refractivity contribution in [3.05, 3.63) is 287 Å². The zero-order chi connectivity index (χ0) is 61.2. The third-order valence-electron chi connectivity index (χ3n) is 14.0. The molecule has 0 bridgehead atoms. The van der Waals surface area contributed by atoms with Gasteiger partial charge in [-0.15, -0.1) is 0 Å². The summed E-state index contributed by atoms with van der Waals surface area (Å²) < 4.78 is 70.0. The topological polar surface area (TPSA) is 245 Å². The van der Waals surface area contributed by atoms with Gasteiger partial charge in [-0.25, -0.2) is 33.6 Å². The van der Waals surface area contributed by atoms with E-state index >= 15 is 0 Å². The molecular formula is C69H55NO18. The van der Waals surface area contributed by atoms with Gasteiger partial charge in [0.25, 0.3) is 0 Å². The Hall–Kier alpha value is -10.6. The normalized spacial score (nSPS) is 21.5. The van der Waals surface area contributed by atoms with Gasteiger partial charge in [-0.2, -0.15) is 5.26 Å². The molecule has 0 saturated carbocycles. The summed E-state index contributed by atoms with van der Waals surface area (Å²) in [5.41, 5.74) is 0.647. The minimum Gasteiger partial charge on any atom is -0.459 e. The van der Waals surface area contributed by atoms with E-state index in [1.165, 1.54) is 84.9 Å². The van der Waals surface area contributed by atoms with E-state index in [0.717, 1.165) is 0 Å². The molecular weight excluding hydrogens is 1130 g/mol. The number of carbonyl (C=O) groups is 7. The SMILES string of the molecule is N#CC(O[C@@H]1O[C@H](CO[C@H]2O[C@H](COC(=O)c3ccccc3)[C@@H](OC(=O)c3ccccc3)[C@H](OC(=O)c3ccccc3)[C@H]2OC(=O)c2ccccc2)[C@@H](OC(=O)c2ccccc2)[C@H](OC(=O)c2ccccc2)[C@H]1OC(=O)c1ccccc1)c1ccccc1. The lowest BCUT2D eigenvalue weighted by atomic mass is 9.96. The van der Waals surface area contributed by atoms with Gasteiger partial charge in [0.1, 0.15) is 18.8 Å². The highest BCUT2D eigenvalue weighted by atomic mass is 16.8. The lowest BCUT2D eigenvalue weighted by molar-refractivity contribution is -0.331. The molecule has 8 aromatic rings. The van der Waals surface area contributed by atoms with Crippen molar-refractivity contribution in [2.75, 3.05) is 13.2 Å². The van der Waals surface area contributed by atoms with Crippen LogP contribution in [0, 0.1) is 11.3 Å². The Kier molecular flexibility index (Phi) is 20.3. The van der Waals surface area contributed by atoms with Gasteiger partial charge in [0, 0.05) is 0 Å². The van der Waals surface area contributed by atoms with E-state index in [-0.39, 0.29) is 38.9 Å². The Bertz CT molecular complexity index is 3680. The summed E-state index contributed by atoms with van der Waals surface area (Å²) in [6.07, 6.45) is -19.7. The van der Waals surface area contributed by atoms with Gasteiger partial charge in [0.2, 0.25) is 6.29 Å². The Balaban J connectivity index is 1.10. The summed E-state index contributed by atoms with van der Waals surface area (Å²) in [6.45, 7) is -1.55. The van der Waals surface area contributed by atoms with Crippen LogP contribution in [0.4, 0.5) is 0 Å². The van der Waals surface area contributed by atoms with Crippen LogP contribution in [-0.4, -0.2) is 116 Å². The Morgan fingerprint density at radius 2 is 0.591 bits per heavy atom. The molecule has 0 N–H and O–H groups in total. The van der Waals surface area contributed by atoms with Crippen LogP contribution in [-0.2, 0) is 52.1 Å². The number of nitriles is 1. The molecule has 2 saturated heterocycles. The van der Waals surface area contributed by atoms with Gasteiger partial charge in [-0.3, -0.25) is 0 Å². The molecule has 0 aromatic heterocycles. The first-order chi connectivity index (χ1) is 43.0. The maximum Gasteiger partial charge on any atom is 0.338 e. The van der Waals surface area contributed by atoms with Crippen LogP contribution in [0.3, 0.4) is 0 Å². The number of benzene rings is 8. The summed E-state index contributed by atoms with van der Waals surface area (Å²) in [5, 5.41) is 10.7. The number of esters is 7. The summed E-state index contributed by atoms with van der Waals surface area (Å²) in [7, 11) is 0. The van der Waals surface area contributed by atoms with E-state index in [1.54, 1.807) is 158 Å². The first-order valence-corrected chi connectivity index (χ1v) is 27.8. The highest BCUT2D eigenvalue weighted by Gasteiger charge is 2.57. The zero-order valence-corrected chi connectivity index (χ0v) is 46.7. The maximum absolute atomic E-state index is 14.5. The van der Waals surface area contributed by atoms with Gasteiger partial charge in [0.05, 0.1) is 51.6 Å². The number of hydrogen-bond acceptors (Lipinski definition) is 19. The van der Waals surface area contributed by atoms with Crippen molar-refractivity contribution >= 4 is 41.8 Å². The van der Waals surface area contributed by atoms with Gasteiger partial charge in [-0.1, -0.05) is 158 Å². The molecule has 19 nitrogen and oxygen atoms in total. The van der Waals surface area contributed by atoms with Crippen LogP contribution in [0.15, 0.2) is 243 Å². The minimum atomic E-state index is -1.95. The highest BCUT2D eigenvalue weighted by molar-refractivity contribution is 5.93. The Morgan fingerprint density at radius 1 is 0.330 bits per heavy atom. The largest absolute Gasteiger partial charge is 0.459 e. The second kappa shape index (κ2) is 29.5. The van der Waals surface area contributed by atoms with Crippen molar-refractivity contribution in [2.45, 2.75) is 67.5 Å². The minimum absolute atomic E-state index is 0.0132. The van der Waals surface area contributed by atoms with Crippen molar-refractivity contribution in [1.29, 1.82) is 5.26 Å². The van der Waals surface area contributed by atoms with Crippen molar-refractivity contribution in [1.82, 2.24) is 0 Å². The van der Waals surface area contributed by atoms with Crippen molar-refractivity contribution in [2.24, 2.45) is 0 Å². The molecule has 1 unspecified atom stereocenters. The van der Waals surface area contributed by atoms with Crippen LogP contribution < -0.4 is 0 Å². The molecule has 8 aromatic carbocycles. The van der Waals surface area contributed by atoms with E-state index < -0.39 is 123 Å². The lowest BCUT2D eigenvalue weighted by Crippen LogP contribution is -2.65. The van der Waals surface area contributed by atoms with E-state index in [0.29, 0.717) is 5.56 Å². The van der Waals surface area contributed by atoms with E-state index in [4.69, 9.17) is 52.1 Å². The molecule has 0 amide bonds. The van der Waals surface area contributed by atoms with Crippen LogP contribution in [0.5, 0.6) is 0 Å². The third-order valence-corrected chi connectivity index (χ3v) is 14.0. The molecule has 10 rings (SSSR count). The molecule has 444 valence electrons. The molecule has 2 aliphatic rings. The molecule has 2 fully saturated rings. The van der Waals surface area contributed by atoms with Gasteiger partial charge < -0.3 is 52.1 Å². The Labute approximate surface area is 504 Å². The number of rotatable bonds is 21. The maximum atomic E-state index is 14.5. The number of nitrogens with zero attached hydrogens (tertiary/aromatic N) is 1. The predicted octanol–water partition coefficient (Wildman–Crippen LogP) is 9.94. The van der Waals surface area contributed by atoms with E-state index in [9.17, 15) is 38.8 Å². The fraction of sp³-hybridized carbons (Fsp3) is 0.188. The molecule has 0 spiro atoms. The average molecular weight is 1190 g/mol. The first kappa shape index (κ1) is 60.5. The predicted molar refractivity (Wildman–Crippen MR) is 310 cm³/mol. The summed E-state index contributed by atoms with van der Waals surface area (Å²) in [6, 6.07) is 64.9. The van der Waals surface area contributed by atoms with Crippen LogP contribution >= 0.6 is 0 Å². The average Bonchev–Trinajstić information content (AvgIpc) is 1.07.